The van der Waals surface area contributed by atoms with E-state index in [9.17, 15) is 4.79 Å². The Labute approximate surface area is 154 Å². The van der Waals surface area contributed by atoms with Crippen LogP contribution >= 0.6 is 0 Å². The second-order valence-corrected chi connectivity index (χ2v) is 5.99. The molecule has 0 aliphatic carbocycles. The Morgan fingerprint density at radius 3 is 2.59 bits per heavy atom. The molecule has 0 spiro atoms. The van der Waals surface area contributed by atoms with E-state index in [1.165, 1.54) is 6.39 Å². The number of nitrogens with zero attached hydrogens (tertiary/aromatic N) is 2. The molecule has 0 aliphatic heterocycles. The molecule has 27 heavy (non-hydrogen) atoms. The summed E-state index contributed by atoms with van der Waals surface area (Å²) in [6.45, 7) is 4.06. The predicted octanol–water partition coefficient (Wildman–Crippen LogP) is 4.23. The Hall–Kier alpha value is -3.61. The average Bonchev–Trinajstić information content (AvgIpc) is 3.26. The zero-order chi connectivity index (χ0) is 18.8. The van der Waals surface area contributed by atoms with Gasteiger partial charge in [0.15, 0.2) is 12.0 Å². The molecular weight excluding hydrogens is 348 g/mol. The standard InChI is InChI=1S/C20H16N2O5/c1-12-17(13(2)27-22-12)10-24-15-5-3-14(4-6-15)20(23)26-16-7-8-19-18(9-16)21-11-25-19/h3-9,11H,10H2,1-2H3. The zero-order valence-corrected chi connectivity index (χ0v) is 14.8. The predicted molar refractivity (Wildman–Crippen MR) is 95.7 cm³/mol. The third kappa shape index (κ3) is 3.52. The lowest BCUT2D eigenvalue weighted by atomic mass is 10.2. The molecule has 4 rings (SSSR count). The van der Waals surface area contributed by atoms with Crippen molar-refractivity contribution in [3.8, 4) is 11.5 Å². The van der Waals surface area contributed by atoms with E-state index in [-0.39, 0.29) is 0 Å². The maximum absolute atomic E-state index is 12.3. The summed E-state index contributed by atoms with van der Waals surface area (Å²) in [5.74, 6) is 1.31. The van der Waals surface area contributed by atoms with Gasteiger partial charge in [0, 0.05) is 6.07 Å². The molecule has 0 radical (unpaired) electrons. The van der Waals surface area contributed by atoms with Crippen molar-refractivity contribution in [3.05, 3.63) is 71.4 Å². The Bertz CT molecular complexity index is 1080. The van der Waals surface area contributed by atoms with Crippen molar-refractivity contribution in [2.75, 3.05) is 0 Å². The van der Waals surface area contributed by atoms with Gasteiger partial charge in [-0.1, -0.05) is 5.16 Å². The number of carbonyl (C=O) groups excluding carboxylic acids is 1. The second-order valence-electron chi connectivity index (χ2n) is 5.99. The largest absolute Gasteiger partial charge is 0.489 e. The summed E-state index contributed by atoms with van der Waals surface area (Å²) in [7, 11) is 0. The molecule has 0 N–H and O–H groups in total. The Morgan fingerprint density at radius 2 is 1.85 bits per heavy atom. The van der Waals surface area contributed by atoms with Gasteiger partial charge in [-0.15, -0.1) is 0 Å². The molecule has 7 heteroatoms. The van der Waals surface area contributed by atoms with Crippen molar-refractivity contribution >= 4 is 17.1 Å². The van der Waals surface area contributed by atoms with Crippen LogP contribution in [0.3, 0.4) is 0 Å². The van der Waals surface area contributed by atoms with Gasteiger partial charge < -0.3 is 18.4 Å². The fraction of sp³-hybridized carbons (Fsp3) is 0.150. The normalized spacial score (nSPS) is 10.9. The molecule has 2 aromatic carbocycles. The first-order valence-corrected chi connectivity index (χ1v) is 8.30. The van der Waals surface area contributed by atoms with Crippen molar-refractivity contribution in [1.29, 1.82) is 0 Å². The molecule has 7 nitrogen and oxygen atoms in total. The van der Waals surface area contributed by atoms with E-state index < -0.39 is 5.97 Å². The van der Waals surface area contributed by atoms with Crippen molar-refractivity contribution in [2.45, 2.75) is 20.5 Å². The van der Waals surface area contributed by atoms with Crippen LogP contribution in [0.1, 0.15) is 27.4 Å². The number of hydrogen-bond acceptors (Lipinski definition) is 7. The molecule has 4 aromatic rings. The smallest absolute Gasteiger partial charge is 0.343 e. The van der Waals surface area contributed by atoms with Gasteiger partial charge in [0.25, 0.3) is 0 Å². The minimum atomic E-state index is -0.463. The van der Waals surface area contributed by atoms with Crippen LogP contribution in [0.15, 0.2) is 57.8 Å². The van der Waals surface area contributed by atoms with Crippen molar-refractivity contribution in [3.63, 3.8) is 0 Å². The van der Waals surface area contributed by atoms with E-state index in [0.717, 1.165) is 17.0 Å². The van der Waals surface area contributed by atoms with E-state index in [1.54, 1.807) is 42.5 Å². The minimum Gasteiger partial charge on any atom is -0.489 e. The third-order valence-electron chi connectivity index (χ3n) is 4.17. The fourth-order valence-electron chi connectivity index (χ4n) is 2.62. The number of carbonyl (C=O) groups is 1. The Balaban J connectivity index is 1.41. The number of aromatic nitrogens is 2. The maximum Gasteiger partial charge on any atom is 0.343 e. The number of fused-ring (bicyclic) bond motifs is 1. The Kier molecular flexibility index (Phi) is 4.33. The lowest BCUT2D eigenvalue weighted by Crippen LogP contribution is -2.08. The first-order chi connectivity index (χ1) is 13.1. The van der Waals surface area contributed by atoms with E-state index in [1.807, 2.05) is 13.8 Å². The first kappa shape index (κ1) is 16.8. The van der Waals surface area contributed by atoms with Crippen LogP contribution in [-0.2, 0) is 6.61 Å². The summed E-state index contributed by atoms with van der Waals surface area (Å²) in [5, 5.41) is 3.89. The van der Waals surface area contributed by atoms with Crippen LogP contribution in [0.5, 0.6) is 11.5 Å². The number of aryl methyl sites for hydroxylation is 2. The van der Waals surface area contributed by atoms with Gasteiger partial charge >= 0.3 is 5.97 Å². The van der Waals surface area contributed by atoms with Gasteiger partial charge in [-0.2, -0.15) is 0 Å². The van der Waals surface area contributed by atoms with Gasteiger partial charge in [0.1, 0.15) is 29.4 Å². The van der Waals surface area contributed by atoms with Crippen LogP contribution in [0.4, 0.5) is 0 Å². The fourth-order valence-corrected chi connectivity index (χ4v) is 2.62. The summed E-state index contributed by atoms with van der Waals surface area (Å²) in [5.41, 5.74) is 3.40. The lowest BCUT2D eigenvalue weighted by molar-refractivity contribution is 0.0735. The van der Waals surface area contributed by atoms with Gasteiger partial charge in [0.05, 0.1) is 16.8 Å². The molecule has 0 atom stereocenters. The summed E-state index contributed by atoms with van der Waals surface area (Å²) in [6.07, 6.45) is 1.34. The SMILES string of the molecule is Cc1noc(C)c1COc1ccc(C(=O)Oc2ccc3ocnc3c2)cc1. The van der Waals surface area contributed by atoms with Crippen LogP contribution < -0.4 is 9.47 Å². The molecule has 136 valence electrons. The molecule has 2 heterocycles. The number of rotatable bonds is 5. The van der Waals surface area contributed by atoms with Crippen molar-refractivity contribution in [1.82, 2.24) is 10.1 Å². The molecule has 2 aromatic heterocycles. The topological polar surface area (TPSA) is 87.6 Å². The van der Waals surface area contributed by atoms with Gasteiger partial charge in [-0.05, 0) is 50.2 Å². The highest BCUT2D eigenvalue weighted by atomic mass is 16.5. The molecule has 0 unspecified atom stereocenters. The van der Waals surface area contributed by atoms with Gasteiger partial charge in [-0.25, -0.2) is 9.78 Å². The highest BCUT2D eigenvalue weighted by Crippen LogP contribution is 2.22. The molecule has 0 fully saturated rings. The third-order valence-corrected chi connectivity index (χ3v) is 4.17. The molecule has 0 amide bonds. The van der Waals surface area contributed by atoms with Crippen LogP contribution in [0.2, 0.25) is 0 Å². The number of oxazole rings is 1. The summed E-state index contributed by atoms with van der Waals surface area (Å²) >= 11 is 0. The summed E-state index contributed by atoms with van der Waals surface area (Å²) in [6, 6.07) is 11.8. The van der Waals surface area contributed by atoms with Gasteiger partial charge in [0.2, 0.25) is 0 Å². The van der Waals surface area contributed by atoms with E-state index in [0.29, 0.717) is 34.8 Å². The highest BCUT2D eigenvalue weighted by molar-refractivity contribution is 5.91. The monoisotopic (exact) mass is 364 g/mol. The number of esters is 1. The molecule has 0 aliphatic rings. The highest BCUT2D eigenvalue weighted by Gasteiger charge is 2.12. The lowest BCUT2D eigenvalue weighted by Gasteiger charge is -2.07. The molecule has 0 saturated carbocycles. The number of hydrogen-bond donors (Lipinski definition) is 0. The van der Waals surface area contributed by atoms with Crippen LogP contribution in [0, 0.1) is 13.8 Å². The van der Waals surface area contributed by atoms with Crippen LogP contribution in [0.25, 0.3) is 11.1 Å². The molecule has 0 saturated heterocycles. The number of benzene rings is 2. The number of ether oxygens (including phenoxy) is 2. The van der Waals surface area contributed by atoms with E-state index in [2.05, 4.69) is 10.1 Å². The van der Waals surface area contributed by atoms with Crippen molar-refractivity contribution < 1.29 is 23.2 Å². The second kappa shape index (κ2) is 6.95. The Morgan fingerprint density at radius 1 is 1.07 bits per heavy atom. The van der Waals surface area contributed by atoms with E-state index >= 15 is 0 Å². The molecule has 0 bridgehead atoms. The molecular formula is C20H16N2O5. The van der Waals surface area contributed by atoms with Gasteiger partial charge in [-0.3, -0.25) is 0 Å². The maximum atomic E-state index is 12.3. The quantitative estimate of drug-likeness (QED) is 0.387. The minimum absolute atomic E-state index is 0.350. The van der Waals surface area contributed by atoms with Crippen LogP contribution in [-0.4, -0.2) is 16.1 Å². The van der Waals surface area contributed by atoms with Crippen molar-refractivity contribution in [2.24, 2.45) is 0 Å². The zero-order valence-electron chi connectivity index (χ0n) is 14.8. The average molecular weight is 364 g/mol. The van der Waals surface area contributed by atoms with E-state index in [4.69, 9.17) is 18.4 Å². The first-order valence-electron chi connectivity index (χ1n) is 8.30. The summed E-state index contributed by atoms with van der Waals surface area (Å²) in [4.78, 5) is 16.3. The summed E-state index contributed by atoms with van der Waals surface area (Å²) < 4.78 is 21.4.